The van der Waals surface area contributed by atoms with E-state index < -0.39 is 0 Å². The maximum absolute atomic E-state index is 12.6. The molecule has 0 aliphatic carbocycles. The van der Waals surface area contributed by atoms with Crippen LogP contribution in [0.5, 0.6) is 0 Å². The number of nitrogens with zero attached hydrogens (tertiary/aromatic N) is 1. The minimum atomic E-state index is -0.253. The second kappa shape index (κ2) is 8.44. The molecular weight excluding hydrogens is 404 g/mol. The van der Waals surface area contributed by atoms with E-state index in [1.807, 2.05) is 49.4 Å². The van der Waals surface area contributed by atoms with E-state index in [4.69, 9.17) is 4.42 Å². The SMILES string of the molecule is CCN(CC)c1ccc(NC(=O)c2ccc(-c3ccc(Br)cc3)o2)c(C)c1. The number of carbonyl (C=O) groups excluding carboxylic acids is 1. The molecule has 0 aliphatic rings. The Morgan fingerprint density at radius 3 is 2.37 bits per heavy atom. The van der Waals surface area contributed by atoms with Crippen molar-refractivity contribution in [2.75, 3.05) is 23.3 Å². The molecule has 27 heavy (non-hydrogen) atoms. The van der Waals surface area contributed by atoms with Gasteiger partial charge in [-0.3, -0.25) is 4.79 Å². The van der Waals surface area contributed by atoms with Crippen molar-refractivity contribution in [2.45, 2.75) is 20.8 Å². The lowest BCUT2D eigenvalue weighted by Crippen LogP contribution is -2.22. The number of anilines is 2. The number of hydrogen-bond donors (Lipinski definition) is 1. The number of rotatable bonds is 6. The van der Waals surface area contributed by atoms with Crippen LogP contribution in [0.1, 0.15) is 30.0 Å². The van der Waals surface area contributed by atoms with Gasteiger partial charge in [-0.05, 0) is 68.8 Å². The Morgan fingerprint density at radius 2 is 1.74 bits per heavy atom. The Labute approximate surface area is 168 Å². The normalized spacial score (nSPS) is 10.7. The number of furan rings is 1. The number of carbonyl (C=O) groups is 1. The van der Waals surface area contributed by atoms with Crippen LogP contribution in [0.15, 0.2) is 63.5 Å². The Hall–Kier alpha value is -2.53. The van der Waals surface area contributed by atoms with Crippen molar-refractivity contribution in [3.63, 3.8) is 0 Å². The van der Waals surface area contributed by atoms with E-state index in [0.717, 1.165) is 40.1 Å². The van der Waals surface area contributed by atoms with Gasteiger partial charge in [0.15, 0.2) is 5.76 Å². The smallest absolute Gasteiger partial charge is 0.291 e. The van der Waals surface area contributed by atoms with E-state index in [1.165, 1.54) is 0 Å². The molecule has 1 N–H and O–H groups in total. The number of halogens is 1. The highest BCUT2D eigenvalue weighted by molar-refractivity contribution is 9.10. The van der Waals surface area contributed by atoms with Crippen LogP contribution in [0.2, 0.25) is 0 Å². The van der Waals surface area contributed by atoms with E-state index in [-0.39, 0.29) is 5.91 Å². The van der Waals surface area contributed by atoms with Crippen molar-refractivity contribution < 1.29 is 9.21 Å². The second-order valence-electron chi connectivity index (χ2n) is 6.30. The highest BCUT2D eigenvalue weighted by Crippen LogP contribution is 2.26. The van der Waals surface area contributed by atoms with Crippen LogP contribution in [0.25, 0.3) is 11.3 Å². The van der Waals surface area contributed by atoms with E-state index in [1.54, 1.807) is 6.07 Å². The summed E-state index contributed by atoms with van der Waals surface area (Å²) in [5.41, 5.74) is 3.90. The predicted octanol–water partition coefficient (Wildman–Crippen LogP) is 6.12. The zero-order chi connectivity index (χ0) is 19.4. The van der Waals surface area contributed by atoms with E-state index in [0.29, 0.717) is 11.5 Å². The molecule has 4 nitrogen and oxygen atoms in total. The van der Waals surface area contributed by atoms with Crippen LogP contribution in [0, 0.1) is 6.92 Å². The fraction of sp³-hybridized carbons (Fsp3) is 0.227. The van der Waals surface area contributed by atoms with Gasteiger partial charge in [0.2, 0.25) is 0 Å². The Balaban J connectivity index is 1.75. The summed E-state index contributed by atoms with van der Waals surface area (Å²) >= 11 is 3.42. The number of amides is 1. The number of hydrogen-bond acceptors (Lipinski definition) is 3. The first-order valence-electron chi connectivity index (χ1n) is 9.04. The Bertz CT molecular complexity index is 928. The fourth-order valence-electron chi connectivity index (χ4n) is 2.99. The summed E-state index contributed by atoms with van der Waals surface area (Å²) in [6.07, 6.45) is 0. The largest absolute Gasteiger partial charge is 0.451 e. The van der Waals surface area contributed by atoms with Gasteiger partial charge in [-0.1, -0.05) is 28.1 Å². The van der Waals surface area contributed by atoms with E-state index in [9.17, 15) is 4.79 Å². The quantitative estimate of drug-likeness (QED) is 0.516. The standard InChI is InChI=1S/C22H23BrN2O2/c1-4-25(5-2)18-10-11-19(15(3)14-18)24-22(26)21-13-12-20(27-21)16-6-8-17(23)9-7-16/h6-14H,4-5H2,1-3H3,(H,24,26). The summed E-state index contributed by atoms with van der Waals surface area (Å²) in [6.45, 7) is 8.17. The van der Waals surface area contributed by atoms with Gasteiger partial charge in [-0.2, -0.15) is 0 Å². The first-order valence-corrected chi connectivity index (χ1v) is 9.83. The van der Waals surface area contributed by atoms with Gasteiger partial charge >= 0.3 is 0 Å². The lowest BCUT2D eigenvalue weighted by Gasteiger charge is -2.22. The molecule has 1 amide bonds. The van der Waals surface area contributed by atoms with Crippen LogP contribution in [-0.4, -0.2) is 19.0 Å². The average molecular weight is 427 g/mol. The molecule has 0 radical (unpaired) electrons. The zero-order valence-corrected chi connectivity index (χ0v) is 17.3. The Morgan fingerprint density at radius 1 is 1.04 bits per heavy atom. The van der Waals surface area contributed by atoms with Gasteiger partial charge < -0.3 is 14.6 Å². The van der Waals surface area contributed by atoms with Crippen LogP contribution in [-0.2, 0) is 0 Å². The number of aryl methyl sites for hydroxylation is 1. The summed E-state index contributed by atoms with van der Waals surface area (Å²) < 4.78 is 6.74. The molecule has 0 aliphatic heterocycles. The fourth-order valence-corrected chi connectivity index (χ4v) is 3.25. The molecule has 0 saturated heterocycles. The van der Waals surface area contributed by atoms with Gasteiger partial charge in [0.1, 0.15) is 5.76 Å². The third-order valence-corrected chi connectivity index (χ3v) is 5.07. The highest BCUT2D eigenvalue weighted by atomic mass is 79.9. The first kappa shape index (κ1) is 19.2. The van der Waals surface area contributed by atoms with Crippen molar-refractivity contribution in [3.05, 3.63) is 70.4 Å². The molecule has 0 fully saturated rings. The third kappa shape index (κ3) is 4.42. The van der Waals surface area contributed by atoms with Gasteiger partial charge in [-0.15, -0.1) is 0 Å². The van der Waals surface area contributed by atoms with Gasteiger partial charge in [0.25, 0.3) is 5.91 Å². The molecule has 0 saturated carbocycles. The lowest BCUT2D eigenvalue weighted by molar-refractivity contribution is 0.0997. The number of benzene rings is 2. The van der Waals surface area contributed by atoms with Crippen molar-refractivity contribution in [2.24, 2.45) is 0 Å². The minimum absolute atomic E-state index is 0.253. The summed E-state index contributed by atoms with van der Waals surface area (Å²) in [6, 6.07) is 17.4. The predicted molar refractivity (Wildman–Crippen MR) is 115 cm³/mol. The Kier molecular flexibility index (Phi) is 6.01. The summed E-state index contributed by atoms with van der Waals surface area (Å²) in [5, 5.41) is 2.94. The molecular formula is C22H23BrN2O2. The molecule has 2 aromatic carbocycles. The van der Waals surface area contributed by atoms with Crippen molar-refractivity contribution in [1.82, 2.24) is 0 Å². The molecule has 3 aromatic rings. The average Bonchev–Trinajstić information content (AvgIpc) is 3.16. The van der Waals surface area contributed by atoms with Gasteiger partial charge in [0, 0.05) is 34.5 Å². The van der Waals surface area contributed by atoms with Crippen LogP contribution >= 0.6 is 15.9 Å². The zero-order valence-electron chi connectivity index (χ0n) is 15.8. The third-order valence-electron chi connectivity index (χ3n) is 4.55. The summed E-state index contributed by atoms with van der Waals surface area (Å²) in [4.78, 5) is 14.8. The lowest BCUT2D eigenvalue weighted by atomic mass is 10.1. The van der Waals surface area contributed by atoms with Crippen molar-refractivity contribution >= 4 is 33.2 Å². The molecule has 0 bridgehead atoms. The van der Waals surface area contributed by atoms with E-state index >= 15 is 0 Å². The second-order valence-corrected chi connectivity index (χ2v) is 7.21. The monoisotopic (exact) mass is 426 g/mol. The molecule has 1 aromatic heterocycles. The molecule has 3 rings (SSSR count). The topological polar surface area (TPSA) is 45.5 Å². The van der Waals surface area contributed by atoms with Crippen LogP contribution < -0.4 is 10.2 Å². The van der Waals surface area contributed by atoms with Crippen LogP contribution in [0.4, 0.5) is 11.4 Å². The molecule has 1 heterocycles. The summed E-state index contributed by atoms with van der Waals surface area (Å²) in [5.74, 6) is 0.707. The van der Waals surface area contributed by atoms with Gasteiger partial charge in [-0.25, -0.2) is 0 Å². The van der Waals surface area contributed by atoms with Crippen molar-refractivity contribution in [1.29, 1.82) is 0 Å². The van der Waals surface area contributed by atoms with Crippen molar-refractivity contribution in [3.8, 4) is 11.3 Å². The minimum Gasteiger partial charge on any atom is -0.451 e. The maximum atomic E-state index is 12.6. The van der Waals surface area contributed by atoms with E-state index in [2.05, 4.69) is 46.1 Å². The molecule has 0 spiro atoms. The molecule has 5 heteroatoms. The van der Waals surface area contributed by atoms with Crippen LogP contribution in [0.3, 0.4) is 0 Å². The molecule has 140 valence electrons. The maximum Gasteiger partial charge on any atom is 0.291 e. The first-order chi connectivity index (χ1) is 13.0. The molecule has 0 unspecified atom stereocenters. The number of nitrogens with one attached hydrogen (secondary N) is 1. The molecule has 0 atom stereocenters. The highest BCUT2D eigenvalue weighted by Gasteiger charge is 2.14. The summed E-state index contributed by atoms with van der Waals surface area (Å²) in [7, 11) is 0. The van der Waals surface area contributed by atoms with Gasteiger partial charge in [0.05, 0.1) is 0 Å².